The lowest BCUT2D eigenvalue weighted by molar-refractivity contribution is -0.132. The molecule has 0 unspecified atom stereocenters. The predicted molar refractivity (Wildman–Crippen MR) is 98.5 cm³/mol. The van der Waals surface area contributed by atoms with Crippen molar-refractivity contribution in [1.82, 2.24) is 14.7 Å². The number of amides is 3. The van der Waals surface area contributed by atoms with Crippen molar-refractivity contribution in [3.63, 3.8) is 0 Å². The van der Waals surface area contributed by atoms with E-state index in [1.54, 1.807) is 23.1 Å². The quantitative estimate of drug-likeness (QED) is 0.898. The van der Waals surface area contributed by atoms with E-state index < -0.39 is 5.82 Å². The van der Waals surface area contributed by atoms with Gasteiger partial charge in [0.25, 0.3) is 0 Å². The maximum Gasteiger partial charge on any atom is 0.322 e. The van der Waals surface area contributed by atoms with Gasteiger partial charge in [0.15, 0.2) is 0 Å². The normalized spacial score (nSPS) is 19.1. The molecule has 0 saturated carbocycles. The highest BCUT2D eigenvalue weighted by molar-refractivity contribution is 5.89. The predicted octanol–water partition coefficient (Wildman–Crippen LogP) is 2.38. The Balaban J connectivity index is 1.44. The molecule has 6 nitrogen and oxygen atoms in total. The average molecular weight is 362 g/mol. The van der Waals surface area contributed by atoms with E-state index in [1.807, 2.05) is 4.90 Å². The van der Waals surface area contributed by atoms with Gasteiger partial charge in [-0.15, -0.1) is 0 Å². The zero-order chi connectivity index (χ0) is 18.4. The van der Waals surface area contributed by atoms with Gasteiger partial charge in [-0.3, -0.25) is 9.69 Å². The molecular formula is C19H27FN4O2. The van der Waals surface area contributed by atoms with E-state index in [9.17, 15) is 14.0 Å². The molecule has 2 aliphatic heterocycles. The molecule has 1 aromatic rings. The van der Waals surface area contributed by atoms with Gasteiger partial charge in [-0.2, -0.15) is 0 Å². The fourth-order valence-electron chi connectivity index (χ4n) is 3.48. The summed E-state index contributed by atoms with van der Waals surface area (Å²) in [7, 11) is 0. The number of hydrogen-bond donors (Lipinski definition) is 1. The minimum atomic E-state index is -0.442. The van der Waals surface area contributed by atoms with Crippen LogP contribution in [0.2, 0.25) is 0 Å². The Bertz CT molecular complexity index is 624. The molecule has 2 aliphatic rings. The first-order chi connectivity index (χ1) is 12.6. The van der Waals surface area contributed by atoms with Crippen molar-refractivity contribution < 1.29 is 14.0 Å². The van der Waals surface area contributed by atoms with Crippen molar-refractivity contribution in [2.75, 3.05) is 51.1 Å². The molecule has 3 rings (SSSR count). The van der Waals surface area contributed by atoms with E-state index in [0.29, 0.717) is 32.7 Å². The number of urea groups is 1. The summed E-state index contributed by atoms with van der Waals surface area (Å²) in [4.78, 5) is 30.5. The van der Waals surface area contributed by atoms with Crippen LogP contribution in [0.5, 0.6) is 0 Å². The van der Waals surface area contributed by atoms with Crippen LogP contribution in [0.25, 0.3) is 0 Å². The second kappa shape index (κ2) is 8.98. The maximum atomic E-state index is 13.6. The molecule has 2 fully saturated rings. The van der Waals surface area contributed by atoms with Gasteiger partial charge in [0, 0.05) is 39.3 Å². The lowest BCUT2D eigenvalue weighted by Crippen LogP contribution is -2.52. The van der Waals surface area contributed by atoms with Crippen molar-refractivity contribution in [3.8, 4) is 0 Å². The van der Waals surface area contributed by atoms with Crippen LogP contribution in [-0.2, 0) is 4.79 Å². The summed E-state index contributed by atoms with van der Waals surface area (Å²) in [6, 6.07) is 5.84. The van der Waals surface area contributed by atoms with Crippen molar-refractivity contribution in [3.05, 3.63) is 30.1 Å². The third-order valence-corrected chi connectivity index (χ3v) is 5.09. The minimum Gasteiger partial charge on any atom is -0.342 e. The molecule has 1 N–H and O–H groups in total. The Labute approximate surface area is 153 Å². The molecule has 26 heavy (non-hydrogen) atoms. The molecule has 142 valence electrons. The van der Waals surface area contributed by atoms with Crippen LogP contribution >= 0.6 is 0 Å². The molecule has 2 heterocycles. The number of benzene rings is 1. The van der Waals surface area contributed by atoms with Gasteiger partial charge in [-0.05, 0) is 25.0 Å². The Morgan fingerprint density at radius 2 is 1.54 bits per heavy atom. The van der Waals surface area contributed by atoms with E-state index in [4.69, 9.17) is 0 Å². The Kier molecular flexibility index (Phi) is 6.44. The van der Waals surface area contributed by atoms with Crippen LogP contribution in [0.15, 0.2) is 24.3 Å². The summed E-state index contributed by atoms with van der Waals surface area (Å²) in [5, 5.41) is 2.61. The van der Waals surface area contributed by atoms with Crippen LogP contribution in [0.1, 0.15) is 25.7 Å². The van der Waals surface area contributed by atoms with E-state index >= 15 is 0 Å². The Morgan fingerprint density at radius 3 is 2.19 bits per heavy atom. The van der Waals surface area contributed by atoms with Gasteiger partial charge >= 0.3 is 6.03 Å². The largest absolute Gasteiger partial charge is 0.342 e. The van der Waals surface area contributed by atoms with Gasteiger partial charge in [0.05, 0.1) is 12.2 Å². The number of anilines is 1. The Hall–Kier alpha value is -2.15. The summed E-state index contributed by atoms with van der Waals surface area (Å²) >= 11 is 0. The van der Waals surface area contributed by atoms with Crippen molar-refractivity contribution in [2.45, 2.75) is 25.7 Å². The third kappa shape index (κ3) is 4.94. The first-order valence-electron chi connectivity index (χ1n) is 9.44. The van der Waals surface area contributed by atoms with Crippen LogP contribution in [0.4, 0.5) is 14.9 Å². The number of nitrogens with one attached hydrogen (secondary N) is 1. The maximum absolute atomic E-state index is 13.6. The van der Waals surface area contributed by atoms with Crippen molar-refractivity contribution >= 4 is 17.6 Å². The molecule has 3 amide bonds. The second-order valence-corrected chi connectivity index (χ2v) is 6.97. The summed E-state index contributed by atoms with van der Waals surface area (Å²) in [6.45, 7) is 4.53. The SMILES string of the molecule is O=C(CN1CCN(C(=O)Nc2ccccc2F)CC1)N1CCCCCC1. The smallest absolute Gasteiger partial charge is 0.322 e. The number of carbonyl (C=O) groups excluding carboxylic acids is 2. The Morgan fingerprint density at radius 1 is 0.885 bits per heavy atom. The van der Waals surface area contributed by atoms with Gasteiger partial charge in [0.1, 0.15) is 5.82 Å². The summed E-state index contributed by atoms with van der Waals surface area (Å²) in [6.07, 6.45) is 4.60. The number of halogens is 1. The fraction of sp³-hybridized carbons (Fsp3) is 0.579. The molecule has 1 aromatic carbocycles. The number of piperazine rings is 1. The monoisotopic (exact) mass is 362 g/mol. The molecule has 0 radical (unpaired) electrons. The first-order valence-corrected chi connectivity index (χ1v) is 9.44. The minimum absolute atomic E-state index is 0.191. The van der Waals surface area contributed by atoms with E-state index in [1.165, 1.54) is 18.9 Å². The third-order valence-electron chi connectivity index (χ3n) is 5.09. The summed E-state index contributed by atoms with van der Waals surface area (Å²) < 4.78 is 13.6. The van der Waals surface area contributed by atoms with Gasteiger partial charge in [-0.1, -0.05) is 25.0 Å². The highest BCUT2D eigenvalue weighted by Crippen LogP contribution is 2.14. The molecular weight excluding hydrogens is 335 g/mol. The molecule has 0 aliphatic carbocycles. The molecule has 0 atom stereocenters. The van der Waals surface area contributed by atoms with E-state index in [2.05, 4.69) is 10.2 Å². The molecule has 7 heteroatoms. The van der Waals surface area contributed by atoms with Gasteiger partial charge in [0.2, 0.25) is 5.91 Å². The van der Waals surface area contributed by atoms with Gasteiger partial charge < -0.3 is 15.1 Å². The van der Waals surface area contributed by atoms with E-state index in [0.717, 1.165) is 25.9 Å². The number of carbonyl (C=O) groups is 2. The molecule has 2 saturated heterocycles. The zero-order valence-corrected chi connectivity index (χ0v) is 15.1. The highest BCUT2D eigenvalue weighted by atomic mass is 19.1. The first kappa shape index (κ1) is 18.6. The van der Waals surface area contributed by atoms with E-state index in [-0.39, 0.29) is 17.6 Å². The summed E-state index contributed by atoms with van der Waals surface area (Å²) in [5.74, 6) is -0.251. The van der Waals surface area contributed by atoms with Crippen molar-refractivity contribution in [1.29, 1.82) is 0 Å². The number of para-hydroxylation sites is 1. The number of likely N-dealkylation sites (tertiary alicyclic amines) is 1. The number of hydrogen-bond acceptors (Lipinski definition) is 3. The lowest BCUT2D eigenvalue weighted by Gasteiger charge is -2.35. The van der Waals surface area contributed by atoms with Crippen LogP contribution in [0.3, 0.4) is 0 Å². The van der Waals surface area contributed by atoms with Crippen LogP contribution < -0.4 is 5.32 Å². The zero-order valence-electron chi connectivity index (χ0n) is 15.1. The highest BCUT2D eigenvalue weighted by Gasteiger charge is 2.24. The fourth-order valence-corrected chi connectivity index (χ4v) is 3.48. The summed E-state index contributed by atoms with van der Waals surface area (Å²) in [5.41, 5.74) is 0.191. The van der Waals surface area contributed by atoms with Crippen LogP contribution in [0, 0.1) is 5.82 Å². The number of nitrogens with zero attached hydrogens (tertiary/aromatic N) is 3. The topological polar surface area (TPSA) is 55.9 Å². The average Bonchev–Trinajstić information content (AvgIpc) is 2.94. The lowest BCUT2D eigenvalue weighted by atomic mass is 10.2. The standard InChI is InChI=1S/C19H27FN4O2/c20-16-7-3-4-8-17(16)21-19(26)24-13-11-22(12-14-24)15-18(25)23-9-5-1-2-6-10-23/h3-4,7-8H,1-2,5-6,9-15H2,(H,21,26). The molecule has 0 aromatic heterocycles. The second-order valence-electron chi connectivity index (χ2n) is 6.97. The van der Waals surface area contributed by atoms with Crippen molar-refractivity contribution in [2.24, 2.45) is 0 Å². The van der Waals surface area contributed by atoms with Crippen LogP contribution in [-0.4, -0.2) is 72.5 Å². The molecule has 0 spiro atoms. The van der Waals surface area contributed by atoms with Gasteiger partial charge in [-0.25, -0.2) is 9.18 Å². The number of rotatable bonds is 3. The molecule has 0 bridgehead atoms.